The lowest BCUT2D eigenvalue weighted by molar-refractivity contribution is 0.216. The number of halogens is 2. The van der Waals surface area contributed by atoms with Crippen LogP contribution in [0.15, 0.2) is 54.7 Å². The number of methoxy groups -OCH3 is 2. The normalized spacial score (nSPS) is 16.9. The monoisotopic (exact) mass is 398 g/mol. The highest BCUT2D eigenvalue weighted by molar-refractivity contribution is 5.41. The van der Waals surface area contributed by atoms with E-state index in [0.717, 1.165) is 47.8 Å². The molecule has 0 radical (unpaired) electrons. The fraction of sp³-hybridized carbons (Fsp3) is 0.304. The van der Waals surface area contributed by atoms with Crippen LogP contribution in [0.25, 0.3) is 0 Å². The molecule has 1 aliphatic heterocycles. The molecule has 0 amide bonds. The van der Waals surface area contributed by atoms with Gasteiger partial charge < -0.3 is 14.0 Å². The van der Waals surface area contributed by atoms with Gasteiger partial charge in [0.25, 0.3) is 0 Å². The molecule has 2 heterocycles. The molecule has 1 aliphatic rings. The van der Waals surface area contributed by atoms with E-state index in [1.54, 1.807) is 20.3 Å². The zero-order valence-corrected chi connectivity index (χ0v) is 16.6. The minimum Gasteiger partial charge on any atom is -0.497 e. The third-order valence-corrected chi connectivity index (χ3v) is 5.48. The lowest BCUT2D eigenvalue weighted by Crippen LogP contribution is -2.29. The molecule has 1 atom stereocenters. The molecule has 6 heteroatoms. The number of aryl methyl sites for hydroxylation is 1. The van der Waals surface area contributed by atoms with Crippen LogP contribution < -0.4 is 9.47 Å². The highest BCUT2D eigenvalue weighted by Gasteiger charge is 2.28. The fourth-order valence-electron chi connectivity index (χ4n) is 4.08. The molecular formula is C23H24F2N2O2. The van der Waals surface area contributed by atoms with Crippen molar-refractivity contribution in [2.45, 2.75) is 25.6 Å². The highest BCUT2D eigenvalue weighted by atomic mass is 19.2. The molecule has 0 aliphatic carbocycles. The SMILES string of the molecule is COc1ccc(CN2CCCn3cccc3[C@@H]2c2ccc(F)c(F)c2)c(OC)c1. The second-order valence-electron chi connectivity index (χ2n) is 7.20. The topological polar surface area (TPSA) is 26.6 Å². The molecule has 0 fully saturated rings. The van der Waals surface area contributed by atoms with Crippen molar-refractivity contribution in [3.05, 3.63) is 83.2 Å². The summed E-state index contributed by atoms with van der Waals surface area (Å²) in [4.78, 5) is 2.29. The van der Waals surface area contributed by atoms with Gasteiger partial charge in [0.2, 0.25) is 0 Å². The quantitative estimate of drug-likeness (QED) is 0.619. The molecular weight excluding hydrogens is 374 g/mol. The predicted octanol–water partition coefficient (Wildman–Crippen LogP) is 4.78. The van der Waals surface area contributed by atoms with Crippen molar-refractivity contribution >= 4 is 0 Å². The molecule has 0 bridgehead atoms. The molecule has 29 heavy (non-hydrogen) atoms. The van der Waals surface area contributed by atoms with Crippen LogP contribution in [-0.4, -0.2) is 30.2 Å². The number of fused-ring (bicyclic) bond motifs is 1. The Kier molecular flexibility index (Phi) is 5.53. The molecule has 0 spiro atoms. The van der Waals surface area contributed by atoms with E-state index < -0.39 is 11.6 Å². The summed E-state index contributed by atoms with van der Waals surface area (Å²) in [6, 6.07) is 13.8. The Labute approximate surface area is 169 Å². The summed E-state index contributed by atoms with van der Waals surface area (Å²) in [6.07, 6.45) is 3.00. The van der Waals surface area contributed by atoms with E-state index >= 15 is 0 Å². The maximum Gasteiger partial charge on any atom is 0.159 e. The molecule has 2 aromatic carbocycles. The van der Waals surface area contributed by atoms with Gasteiger partial charge >= 0.3 is 0 Å². The summed E-state index contributed by atoms with van der Waals surface area (Å²) >= 11 is 0. The van der Waals surface area contributed by atoms with Crippen LogP contribution in [0.3, 0.4) is 0 Å². The van der Waals surface area contributed by atoms with Crippen LogP contribution in [0.5, 0.6) is 11.5 Å². The minimum absolute atomic E-state index is 0.186. The van der Waals surface area contributed by atoms with Crippen LogP contribution in [0.4, 0.5) is 8.78 Å². The Morgan fingerprint density at radius 1 is 0.966 bits per heavy atom. The first-order valence-electron chi connectivity index (χ1n) is 9.65. The molecule has 0 saturated heterocycles. The maximum absolute atomic E-state index is 14.1. The number of nitrogens with zero attached hydrogens (tertiary/aromatic N) is 2. The molecule has 0 saturated carbocycles. The number of hydrogen-bond acceptors (Lipinski definition) is 3. The van der Waals surface area contributed by atoms with Crippen molar-refractivity contribution in [3.63, 3.8) is 0 Å². The summed E-state index contributed by atoms with van der Waals surface area (Å²) in [5.74, 6) is -0.187. The Hall–Kier alpha value is -2.86. The summed E-state index contributed by atoms with van der Waals surface area (Å²) in [5, 5.41) is 0. The summed E-state index contributed by atoms with van der Waals surface area (Å²) < 4.78 is 40.7. The van der Waals surface area contributed by atoms with Crippen LogP contribution in [-0.2, 0) is 13.1 Å². The average Bonchev–Trinajstić information content (AvgIpc) is 3.12. The van der Waals surface area contributed by atoms with E-state index in [1.807, 2.05) is 30.5 Å². The van der Waals surface area contributed by atoms with Gasteiger partial charge in [0.1, 0.15) is 11.5 Å². The molecule has 3 aromatic rings. The molecule has 4 nitrogen and oxygen atoms in total. The Balaban J connectivity index is 1.75. The number of aromatic nitrogens is 1. The lowest BCUT2D eigenvalue weighted by atomic mass is 10.0. The molecule has 0 N–H and O–H groups in total. The molecule has 0 unspecified atom stereocenters. The van der Waals surface area contributed by atoms with Crippen molar-refractivity contribution < 1.29 is 18.3 Å². The summed E-state index contributed by atoms with van der Waals surface area (Å²) in [5.41, 5.74) is 2.82. The first-order valence-corrected chi connectivity index (χ1v) is 9.65. The first-order chi connectivity index (χ1) is 14.1. The summed E-state index contributed by atoms with van der Waals surface area (Å²) in [6.45, 7) is 2.32. The average molecular weight is 398 g/mol. The van der Waals surface area contributed by atoms with Gasteiger partial charge in [0, 0.05) is 43.2 Å². The second-order valence-corrected chi connectivity index (χ2v) is 7.20. The van der Waals surface area contributed by atoms with Gasteiger partial charge in [-0.2, -0.15) is 0 Å². The molecule has 4 rings (SSSR count). The van der Waals surface area contributed by atoms with Gasteiger partial charge in [0.15, 0.2) is 11.6 Å². The maximum atomic E-state index is 14.1. The standard InChI is InChI=1S/C23H24F2N2O2/c1-28-18-8-6-17(22(14-18)29-2)15-27-12-4-11-26-10-3-5-21(26)23(27)16-7-9-19(24)20(25)13-16/h3,5-10,13-14,23H,4,11-12,15H2,1-2H3/t23-/m0/s1. The van der Waals surface area contributed by atoms with Crippen molar-refractivity contribution in [2.75, 3.05) is 20.8 Å². The van der Waals surface area contributed by atoms with E-state index in [-0.39, 0.29) is 6.04 Å². The fourth-order valence-corrected chi connectivity index (χ4v) is 4.08. The Morgan fingerprint density at radius 3 is 2.59 bits per heavy atom. The smallest absolute Gasteiger partial charge is 0.159 e. The highest BCUT2D eigenvalue weighted by Crippen LogP contribution is 2.35. The van der Waals surface area contributed by atoms with Crippen LogP contribution in [0.1, 0.15) is 29.3 Å². The number of rotatable bonds is 5. The van der Waals surface area contributed by atoms with Crippen molar-refractivity contribution in [3.8, 4) is 11.5 Å². The van der Waals surface area contributed by atoms with Gasteiger partial charge in [0.05, 0.1) is 20.3 Å². The van der Waals surface area contributed by atoms with Crippen LogP contribution >= 0.6 is 0 Å². The Morgan fingerprint density at radius 2 is 1.83 bits per heavy atom. The lowest BCUT2D eigenvalue weighted by Gasteiger charge is -2.31. The van der Waals surface area contributed by atoms with E-state index in [2.05, 4.69) is 15.5 Å². The zero-order valence-electron chi connectivity index (χ0n) is 16.6. The zero-order chi connectivity index (χ0) is 20.4. The molecule has 1 aromatic heterocycles. The second kappa shape index (κ2) is 8.25. The minimum atomic E-state index is -0.832. The van der Waals surface area contributed by atoms with Crippen molar-refractivity contribution in [2.24, 2.45) is 0 Å². The van der Waals surface area contributed by atoms with Gasteiger partial charge in [-0.25, -0.2) is 8.78 Å². The Bertz CT molecular complexity index is 1000. The largest absolute Gasteiger partial charge is 0.497 e. The van der Waals surface area contributed by atoms with Gasteiger partial charge in [-0.3, -0.25) is 4.90 Å². The van der Waals surface area contributed by atoms with Crippen LogP contribution in [0, 0.1) is 11.6 Å². The molecule has 152 valence electrons. The van der Waals surface area contributed by atoms with Crippen LogP contribution in [0.2, 0.25) is 0 Å². The number of benzene rings is 2. The van der Waals surface area contributed by atoms with Gasteiger partial charge in [-0.15, -0.1) is 0 Å². The number of hydrogen-bond donors (Lipinski definition) is 0. The number of ether oxygens (including phenoxy) is 2. The van der Waals surface area contributed by atoms with E-state index in [0.29, 0.717) is 6.54 Å². The first kappa shape index (κ1) is 19.5. The van der Waals surface area contributed by atoms with E-state index in [4.69, 9.17) is 9.47 Å². The van der Waals surface area contributed by atoms with Crippen molar-refractivity contribution in [1.29, 1.82) is 0 Å². The third kappa shape index (κ3) is 3.85. The predicted molar refractivity (Wildman–Crippen MR) is 107 cm³/mol. The van der Waals surface area contributed by atoms with Crippen molar-refractivity contribution in [1.82, 2.24) is 9.47 Å². The van der Waals surface area contributed by atoms with Gasteiger partial charge in [-0.1, -0.05) is 12.1 Å². The van der Waals surface area contributed by atoms with E-state index in [9.17, 15) is 8.78 Å². The van der Waals surface area contributed by atoms with Gasteiger partial charge in [-0.05, 0) is 42.3 Å². The van der Waals surface area contributed by atoms with E-state index in [1.165, 1.54) is 12.1 Å². The third-order valence-electron chi connectivity index (χ3n) is 5.48. The summed E-state index contributed by atoms with van der Waals surface area (Å²) in [7, 11) is 3.26.